The van der Waals surface area contributed by atoms with Crippen molar-refractivity contribution in [2.24, 2.45) is 5.92 Å². The molecule has 1 aromatic rings. The second-order valence-electron chi connectivity index (χ2n) is 7.61. The lowest BCUT2D eigenvalue weighted by Gasteiger charge is -2.34. The van der Waals surface area contributed by atoms with E-state index in [1.54, 1.807) is 6.20 Å². The molecule has 7 nitrogen and oxygen atoms in total. The Labute approximate surface area is 161 Å². The third-order valence-electron chi connectivity index (χ3n) is 5.63. The van der Waals surface area contributed by atoms with Crippen LogP contribution >= 0.6 is 0 Å². The van der Waals surface area contributed by atoms with E-state index in [0.717, 1.165) is 64.3 Å². The summed E-state index contributed by atoms with van der Waals surface area (Å²) < 4.78 is 0. The predicted octanol–water partition coefficient (Wildman–Crippen LogP) is 1.21. The van der Waals surface area contributed by atoms with Gasteiger partial charge in [-0.1, -0.05) is 0 Å². The number of aromatic nitrogens is 1. The number of piperidine rings is 1. The minimum atomic E-state index is 0.0580. The van der Waals surface area contributed by atoms with E-state index in [0.29, 0.717) is 23.8 Å². The first kappa shape index (κ1) is 19.6. The first-order valence-corrected chi connectivity index (χ1v) is 9.97. The van der Waals surface area contributed by atoms with Crippen LogP contribution in [-0.2, 0) is 4.79 Å². The van der Waals surface area contributed by atoms with Crippen LogP contribution in [0.3, 0.4) is 0 Å². The number of amides is 2. The molecule has 7 heteroatoms. The number of pyridine rings is 1. The number of nitrogens with one attached hydrogen (secondary N) is 1. The van der Waals surface area contributed by atoms with Crippen molar-refractivity contribution in [3.8, 4) is 0 Å². The molecule has 2 fully saturated rings. The smallest absolute Gasteiger partial charge is 0.255 e. The van der Waals surface area contributed by atoms with Crippen molar-refractivity contribution in [2.75, 3.05) is 58.3 Å². The third kappa shape index (κ3) is 4.97. The minimum absolute atomic E-state index is 0.0580. The largest absolute Gasteiger partial charge is 0.358 e. The maximum atomic E-state index is 12.8. The van der Waals surface area contributed by atoms with Crippen molar-refractivity contribution in [2.45, 2.75) is 25.7 Å². The number of carbonyl (C=O) groups excluding carboxylic acids is 2. The van der Waals surface area contributed by atoms with E-state index in [1.165, 1.54) is 0 Å². The van der Waals surface area contributed by atoms with Gasteiger partial charge in [-0.2, -0.15) is 0 Å². The topological polar surface area (TPSA) is 68.8 Å². The van der Waals surface area contributed by atoms with Crippen LogP contribution in [-0.4, -0.2) is 80.0 Å². The number of likely N-dealkylation sites (tertiary alicyclic amines) is 2. The van der Waals surface area contributed by atoms with Gasteiger partial charge < -0.3 is 20.0 Å². The van der Waals surface area contributed by atoms with Gasteiger partial charge in [0.1, 0.15) is 5.82 Å². The summed E-state index contributed by atoms with van der Waals surface area (Å²) in [5.41, 5.74) is 0.647. The Balaban J connectivity index is 1.49. The van der Waals surface area contributed by atoms with Crippen molar-refractivity contribution in [1.82, 2.24) is 20.1 Å². The van der Waals surface area contributed by atoms with Crippen LogP contribution in [0, 0.1) is 5.92 Å². The fourth-order valence-corrected chi connectivity index (χ4v) is 3.84. The van der Waals surface area contributed by atoms with E-state index in [4.69, 9.17) is 0 Å². The summed E-state index contributed by atoms with van der Waals surface area (Å²) in [6.07, 6.45) is 5.30. The molecule has 27 heavy (non-hydrogen) atoms. The molecule has 0 aliphatic carbocycles. The lowest BCUT2D eigenvalue weighted by atomic mass is 9.96. The third-order valence-corrected chi connectivity index (χ3v) is 5.63. The number of hydrogen-bond acceptors (Lipinski definition) is 5. The summed E-state index contributed by atoms with van der Waals surface area (Å²) in [6, 6.07) is 3.78. The molecule has 0 atom stereocenters. The fourth-order valence-electron chi connectivity index (χ4n) is 3.84. The quantitative estimate of drug-likeness (QED) is 0.778. The highest BCUT2D eigenvalue weighted by molar-refractivity contribution is 5.94. The fraction of sp³-hybridized carbons (Fsp3) is 0.650. The van der Waals surface area contributed by atoms with Gasteiger partial charge in [-0.15, -0.1) is 0 Å². The molecule has 2 saturated heterocycles. The van der Waals surface area contributed by atoms with Gasteiger partial charge >= 0.3 is 0 Å². The molecule has 3 heterocycles. The van der Waals surface area contributed by atoms with Crippen molar-refractivity contribution in [3.05, 3.63) is 23.9 Å². The Bertz CT molecular complexity index is 640. The zero-order valence-electron chi connectivity index (χ0n) is 16.5. The molecule has 0 saturated carbocycles. The highest BCUT2D eigenvalue weighted by Gasteiger charge is 2.28. The number of anilines is 1. The van der Waals surface area contributed by atoms with E-state index >= 15 is 0 Å². The SMILES string of the molecule is CNCCN(C)c1ccc(C(=O)N2CCC(CN3CCCC3=O)CC2)cn1. The maximum Gasteiger partial charge on any atom is 0.255 e. The van der Waals surface area contributed by atoms with Gasteiger partial charge in [-0.25, -0.2) is 4.98 Å². The van der Waals surface area contributed by atoms with E-state index < -0.39 is 0 Å². The zero-order valence-corrected chi connectivity index (χ0v) is 16.5. The van der Waals surface area contributed by atoms with Crippen molar-refractivity contribution >= 4 is 17.6 Å². The summed E-state index contributed by atoms with van der Waals surface area (Å²) in [4.78, 5) is 35.0. The second kappa shape index (κ2) is 9.17. The average Bonchev–Trinajstić information content (AvgIpc) is 3.11. The first-order valence-electron chi connectivity index (χ1n) is 9.97. The number of likely N-dealkylation sites (N-methyl/N-ethyl adjacent to an activating group) is 2. The summed E-state index contributed by atoms with van der Waals surface area (Å²) in [5.74, 6) is 1.73. The van der Waals surface area contributed by atoms with Crippen molar-refractivity contribution in [3.63, 3.8) is 0 Å². The van der Waals surface area contributed by atoms with Crippen LogP contribution in [0.5, 0.6) is 0 Å². The molecular formula is C20H31N5O2. The first-order chi connectivity index (χ1) is 13.1. The Morgan fingerprint density at radius 1 is 1.30 bits per heavy atom. The average molecular weight is 374 g/mol. The standard InChI is InChI=1S/C20H31N5O2/c1-21-9-13-23(2)18-6-5-17(14-22-18)20(27)24-11-7-16(8-12-24)15-25-10-3-4-19(25)26/h5-6,14,16,21H,3-4,7-13,15H2,1-2H3. The number of rotatable bonds is 7. The Morgan fingerprint density at radius 3 is 2.67 bits per heavy atom. The van der Waals surface area contributed by atoms with Crippen LogP contribution in [0.15, 0.2) is 18.3 Å². The lowest BCUT2D eigenvalue weighted by molar-refractivity contribution is -0.128. The Morgan fingerprint density at radius 2 is 2.07 bits per heavy atom. The molecule has 1 N–H and O–H groups in total. The number of nitrogens with zero attached hydrogens (tertiary/aromatic N) is 4. The van der Waals surface area contributed by atoms with Crippen LogP contribution in [0.1, 0.15) is 36.0 Å². The molecule has 3 rings (SSSR count). The predicted molar refractivity (Wildman–Crippen MR) is 106 cm³/mol. The second-order valence-corrected chi connectivity index (χ2v) is 7.61. The minimum Gasteiger partial charge on any atom is -0.358 e. The van der Waals surface area contributed by atoms with Gasteiger partial charge in [0.2, 0.25) is 5.91 Å². The van der Waals surface area contributed by atoms with Gasteiger partial charge in [0.15, 0.2) is 0 Å². The molecule has 0 spiro atoms. The molecule has 0 bridgehead atoms. The molecule has 1 aromatic heterocycles. The maximum absolute atomic E-state index is 12.8. The van der Waals surface area contributed by atoms with E-state index in [-0.39, 0.29) is 5.91 Å². The normalized spacial score (nSPS) is 18.2. The molecule has 2 aliphatic heterocycles. The van der Waals surface area contributed by atoms with Gasteiger partial charge in [-0.3, -0.25) is 9.59 Å². The number of hydrogen-bond donors (Lipinski definition) is 1. The molecule has 148 valence electrons. The van der Waals surface area contributed by atoms with E-state index in [2.05, 4.69) is 15.2 Å². The molecule has 2 amide bonds. The van der Waals surface area contributed by atoms with E-state index in [9.17, 15) is 9.59 Å². The summed E-state index contributed by atoms with van der Waals surface area (Å²) in [5, 5.41) is 3.12. The molecule has 2 aliphatic rings. The summed E-state index contributed by atoms with van der Waals surface area (Å²) in [6.45, 7) is 5.03. The van der Waals surface area contributed by atoms with Gasteiger partial charge in [0.05, 0.1) is 5.56 Å². The van der Waals surface area contributed by atoms with Gasteiger partial charge in [-0.05, 0) is 44.4 Å². The summed E-state index contributed by atoms with van der Waals surface area (Å²) >= 11 is 0. The Hall–Kier alpha value is -2.15. The number of carbonyl (C=O) groups is 2. The van der Waals surface area contributed by atoms with Gasteiger partial charge in [0.25, 0.3) is 5.91 Å². The molecule has 0 aromatic carbocycles. The lowest BCUT2D eigenvalue weighted by Crippen LogP contribution is -2.42. The van der Waals surface area contributed by atoms with E-state index in [1.807, 2.05) is 36.0 Å². The molecule has 0 radical (unpaired) electrons. The van der Waals surface area contributed by atoms with Crippen LogP contribution in [0.4, 0.5) is 5.82 Å². The zero-order chi connectivity index (χ0) is 19.2. The van der Waals surface area contributed by atoms with Crippen molar-refractivity contribution < 1.29 is 9.59 Å². The van der Waals surface area contributed by atoms with Crippen molar-refractivity contribution in [1.29, 1.82) is 0 Å². The summed E-state index contributed by atoms with van der Waals surface area (Å²) in [7, 11) is 3.92. The highest BCUT2D eigenvalue weighted by atomic mass is 16.2. The van der Waals surface area contributed by atoms with Crippen LogP contribution in [0.25, 0.3) is 0 Å². The molecule has 0 unspecified atom stereocenters. The molecular weight excluding hydrogens is 342 g/mol. The van der Waals surface area contributed by atoms with Gasteiger partial charge in [0, 0.05) is 58.9 Å². The van der Waals surface area contributed by atoms with Crippen LogP contribution < -0.4 is 10.2 Å². The van der Waals surface area contributed by atoms with Crippen LogP contribution in [0.2, 0.25) is 0 Å². The monoisotopic (exact) mass is 373 g/mol. The highest BCUT2D eigenvalue weighted by Crippen LogP contribution is 2.22. The Kier molecular flexibility index (Phi) is 6.66.